The number of rotatable bonds is 5. The summed E-state index contributed by atoms with van der Waals surface area (Å²) < 4.78 is 5.21. The summed E-state index contributed by atoms with van der Waals surface area (Å²) in [5.41, 5.74) is 0.671. The molecule has 1 aliphatic rings. The van der Waals surface area contributed by atoms with Crippen LogP contribution in [0.3, 0.4) is 0 Å². The molecule has 0 radical (unpaired) electrons. The Kier molecular flexibility index (Phi) is 6.23. The summed E-state index contributed by atoms with van der Waals surface area (Å²) in [5.74, 6) is -1.79. The van der Waals surface area contributed by atoms with E-state index < -0.39 is 23.6 Å². The van der Waals surface area contributed by atoms with Crippen LogP contribution in [0.4, 0.5) is 0 Å². The number of carbonyl (C=O) groups is 3. The number of nitrogens with zero attached hydrogens (tertiary/aromatic N) is 2. The van der Waals surface area contributed by atoms with Gasteiger partial charge in [0.1, 0.15) is 5.60 Å². The van der Waals surface area contributed by atoms with Crippen molar-refractivity contribution >= 4 is 29.4 Å². The quantitative estimate of drug-likeness (QED) is 0.786. The highest BCUT2D eigenvalue weighted by atomic mass is 35.5. The van der Waals surface area contributed by atoms with Crippen LogP contribution >= 0.6 is 11.6 Å². The van der Waals surface area contributed by atoms with E-state index in [1.165, 1.54) is 11.1 Å². The Morgan fingerprint density at radius 1 is 1.35 bits per heavy atom. The number of fused-ring (bicyclic) bond motifs is 1. The molecule has 0 fully saturated rings. The van der Waals surface area contributed by atoms with Gasteiger partial charge in [-0.3, -0.25) is 19.4 Å². The van der Waals surface area contributed by atoms with Gasteiger partial charge < -0.3 is 14.7 Å². The van der Waals surface area contributed by atoms with Crippen molar-refractivity contribution in [2.24, 2.45) is 0 Å². The summed E-state index contributed by atoms with van der Waals surface area (Å²) in [6, 6.07) is 0.958. The second-order valence-electron chi connectivity index (χ2n) is 7.19. The van der Waals surface area contributed by atoms with Crippen LogP contribution in [0.1, 0.15) is 57.3 Å². The number of hydrogen-bond acceptors (Lipinski definition) is 5. The molecule has 2 heterocycles. The first-order chi connectivity index (χ1) is 12.1. The van der Waals surface area contributed by atoms with Crippen molar-refractivity contribution in [1.29, 1.82) is 0 Å². The van der Waals surface area contributed by atoms with E-state index in [-0.39, 0.29) is 25.2 Å². The van der Waals surface area contributed by atoms with Crippen LogP contribution in [-0.4, -0.2) is 45.0 Å². The molecule has 7 nitrogen and oxygen atoms in total. The van der Waals surface area contributed by atoms with Crippen molar-refractivity contribution in [3.63, 3.8) is 0 Å². The predicted octanol–water partition coefficient (Wildman–Crippen LogP) is 2.76. The van der Waals surface area contributed by atoms with Gasteiger partial charge in [-0.05, 0) is 38.8 Å². The molecule has 0 saturated carbocycles. The molecule has 1 unspecified atom stereocenters. The standard InChI is InChI=1S/C18H23ClN2O5/c1-18(2,3)26-16(25)5-4-14(22)21-9-7-11-12(19)6-8-20-17(11)13(21)10-15(23)24/h6,8,13H,4-5,7,9-10H2,1-3H3,(H,23,24). The molecule has 0 saturated heterocycles. The SMILES string of the molecule is CC(C)(C)OC(=O)CCC(=O)N1CCc2c(Cl)ccnc2C1CC(=O)O. The van der Waals surface area contributed by atoms with Crippen LogP contribution in [0.15, 0.2) is 12.3 Å². The summed E-state index contributed by atoms with van der Waals surface area (Å²) in [6.45, 7) is 5.61. The molecule has 0 aromatic carbocycles. The van der Waals surface area contributed by atoms with Crippen molar-refractivity contribution in [3.05, 3.63) is 28.5 Å². The lowest BCUT2D eigenvalue weighted by Gasteiger charge is -2.36. The highest BCUT2D eigenvalue weighted by Crippen LogP contribution is 2.34. The monoisotopic (exact) mass is 382 g/mol. The predicted molar refractivity (Wildman–Crippen MR) is 94.7 cm³/mol. The minimum atomic E-state index is -1.03. The van der Waals surface area contributed by atoms with Crippen molar-refractivity contribution in [2.75, 3.05) is 6.54 Å². The largest absolute Gasteiger partial charge is 0.481 e. The molecule has 1 aliphatic heterocycles. The van der Waals surface area contributed by atoms with Crippen molar-refractivity contribution in [1.82, 2.24) is 9.88 Å². The topological polar surface area (TPSA) is 96.8 Å². The Labute approximate surface area is 157 Å². The lowest BCUT2D eigenvalue weighted by atomic mass is 9.95. The number of pyridine rings is 1. The van der Waals surface area contributed by atoms with Gasteiger partial charge in [-0.2, -0.15) is 0 Å². The van der Waals surface area contributed by atoms with Crippen LogP contribution in [0.25, 0.3) is 0 Å². The number of hydrogen-bond donors (Lipinski definition) is 1. The molecule has 1 N–H and O–H groups in total. The first kappa shape index (κ1) is 20.2. The summed E-state index contributed by atoms with van der Waals surface area (Å²) >= 11 is 6.18. The Balaban J connectivity index is 2.13. The summed E-state index contributed by atoms with van der Waals surface area (Å²) in [7, 11) is 0. The zero-order chi connectivity index (χ0) is 19.5. The van der Waals surface area contributed by atoms with Crippen molar-refractivity contribution in [3.8, 4) is 0 Å². The van der Waals surface area contributed by atoms with Gasteiger partial charge in [0.15, 0.2) is 0 Å². The summed E-state index contributed by atoms with van der Waals surface area (Å²) in [4.78, 5) is 41.5. The summed E-state index contributed by atoms with van der Waals surface area (Å²) in [6.07, 6.45) is 1.64. The summed E-state index contributed by atoms with van der Waals surface area (Å²) in [5, 5.41) is 9.75. The van der Waals surface area contributed by atoms with Gasteiger partial charge in [-0.25, -0.2) is 0 Å². The molecule has 0 bridgehead atoms. The molecule has 0 spiro atoms. The Morgan fingerprint density at radius 2 is 2.04 bits per heavy atom. The zero-order valence-electron chi connectivity index (χ0n) is 15.1. The van der Waals surface area contributed by atoms with E-state index >= 15 is 0 Å². The molecule has 1 amide bonds. The molecule has 2 rings (SSSR count). The molecule has 142 valence electrons. The van der Waals surface area contributed by atoms with Gasteiger partial charge in [0, 0.05) is 24.2 Å². The maximum absolute atomic E-state index is 12.6. The second-order valence-corrected chi connectivity index (χ2v) is 7.60. The number of halogens is 1. The highest BCUT2D eigenvalue weighted by molar-refractivity contribution is 6.31. The Hall–Kier alpha value is -2.15. The highest BCUT2D eigenvalue weighted by Gasteiger charge is 2.34. The fourth-order valence-electron chi connectivity index (χ4n) is 2.97. The normalized spacial score (nSPS) is 16.8. The van der Waals surface area contributed by atoms with E-state index in [2.05, 4.69) is 4.98 Å². The minimum absolute atomic E-state index is 0.0407. The number of ether oxygens (including phenoxy) is 1. The average Bonchev–Trinajstić information content (AvgIpc) is 2.51. The molecule has 1 aromatic rings. The van der Waals surface area contributed by atoms with E-state index in [0.717, 1.165) is 5.56 Å². The third-order valence-electron chi connectivity index (χ3n) is 3.98. The maximum Gasteiger partial charge on any atom is 0.306 e. The average molecular weight is 383 g/mol. The maximum atomic E-state index is 12.6. The van der Waals surface area contributed by atoms with Gasteiger partial charge in [0.25, 0.3) is 0 Å². The fraction of sp³-hybridized carbons (Fsp3) is 0.556. The van der Waals surface area contributed by atoms with E-state index in [4.69, 9.17) is 16.3 Å². The fourth-order valence-corrected chi connectivity index (χ4v) is 3.22. The van der Waals surface area contributed by atoms with E-state index in [9.17, 15) is 19.5 Å². The second kappa shape index (κ2) is 8.03. The van der Waals surface area contributed by atoms with Gasteiger partial charge in [-0.1, -0.05) is 11.6 Å². The van der Waals surface area contributed by atoms with Crippen molar-refractivity contribution in [2.45, 2.75) is 58.1 Å². The van der Waals surface area contributed by atoms with Crippen LogP contribution in [0.5, 0.6) is 0 Å². The Bertz CT molecular complexity index is 714. The van der Waals surface area contributed by atoms with Crippen molar-refractivity contribution < 1.29 is 24.2 Å². The number of carbonyl (C=O) groups excluding carboxylic acids is 2. The smallest absolute Gasteiger partial charge is 0.306 e. The third-order valence-corrected chi connectivity index (χ3v) is 4.33. The zero-order valence-corrected chi connectivity index (χ0v) is 15.9. The van der Waals surface area contributed by atoms with E-state index in [0.29, 0.717) is 23.7 Å². The number of aliphatic carboxylic acids is 1. The van der Waals surface area contributed by atoms with Gasteiger partial charge in [0.05, 0.1) is 24.6 Å². The molecule has 26 heavy (non-hydrogen) atoms. The number of esters is 1. The number of carboxylic acids is 1. The lowest BCUT2D eigenvalue weighted by Crippen LogP contribution is -2.41. The van der Waals surface area contributed by atoms with Crippen LogP contribution < -0.4 is 0 Å². The molecule has 8 heteroatoms. The van der Waals surface area contributed by atoms with Gasteiger partial charge in [-0.15, -0.1) is 0 Å². The molecule has 0 aliphatic carbocycles. The Morgan fingerprint density at radius 3 is 2.65 bits per heavy atom. The van der Waals surface area contributed by atoms with Crippen LogP contribution in [0, 0.1) is 0 Å². The van der Waals surface area contributed by atoms with Gasteiger partial charge >= 0.3 is 11.9 Å². The molecule has 1 atom stereocenters. The molecular formula is C18H23ClN2O5. The molecular weight excluding hydrogens is 360 g/mol. The van der Waals surface area contributed by atoms with E-state index in [1.807, 2.05) is 0 Å². The van der Waals surface area contributed by atoms with Crippen LogP contribution in [0.2, 0.25) is 5.02 Å². The third kappa shape index (κ3) is 5.17. The minimum Gasteiger partial charge on any atom is -0.481 e. The number of carboxylic acid groups (broad SMARTS) is 1. The number of amides is 1. The lowest BCUT2D eigenvalue weighted by molar-refractivity contribution is -0.157. The number of aromatic nitrogens is 1. The first-order valence-electron chi connectivity index (χ1n) is 8.45. The molecule has 1 aromatic heterocycles. The van der Waals surface area contributed by atoms with Crippen LogP contribution in [-0.2, 0) is 25.5 Å². The first-order valence-corrected chi connectivity index (χ1v) is 8.82. The van der Waals surface area contributed by atoms with E-state index in [1.54, 1.807) is 26.8 Å². The van der Waals surface area contributed by atoms with Gasteiger partial charge in [0.2, 0.25) is 5.91 Å².